The van der Waals surface area contributed by atoms with Gasteiger partial charge in [0.05, 0.1) is 12.8 Å². The van der Waals surface area contributed by atoms with Crippen molar-refractivity contribution >= 4 is 28.6 Å². The molecule has 0 saturated carbocycles. The van der Waals surface area contributed by atoms with Gasteiger partial charge in [0, 0.05) is 0 Å². The lowest BCUT2D eigenvalue weighted by molar-refractivity contribution is -0.849. The molecular formula is C5H5NO7S+. The molecule has 0 aromatic carbocycles. The van der Waals surface area contributed by atoms with Gasteiger partial charge >= 0.3 is 28.6 Å². The molecule has 0 aliphatic carbocycles. The molecule has 0 spiro atoms. The summed E-state index contributed by atoms with van der Waals surface area (Å²) in [4.78, 5) is 35.7. The highest BCUT2D eigenvalue weighted by atomic mass is 32.2. The fourth-order valence-electron chi connectivity index (χ4n) is 1.11. The second-order valence-electron chi connectivity index (χ2n) is 2.46. The number of rotatable bonds is 3. The zero-order valence-electron chi connectivity index (χ0n) is 6.67. The van der Waals surface area contributed by atoms with Crippen LogP contribution in [-0.4, -0.2) is 35.3 Å². The Morgan fingerprint density at radius 3 is 2.00 bits per heavy atom. The van der Waals surface area contributed by atoms with Crippen LogP contribution in [0.1, 0.15) is 12.8 Å². The summed E-state index contributed by atoms with van der Waals surface area (Å²) in [6.45, 7) is 0.659. The number of carbonyl (C=O) groups is 2. The number of imide groups is 1. The summed E-state index contributed by atoms with van der Waals surface area (Å²) >= 11 is 0. The van der Waals surface area contributed by atoms with Gasteiger partial charge in [-0.3, -0.25) is 0 Å². The van der Waals surface area contributed by atoms with Gasteiger partial charge in [-0.15, -0.1) is 8.42 Å². The molecule has 0 atom stereocenters. The van der Waals surface area contributed by atoms with E-state index in [0.717, 1.165) is 0 Å². The maximum absolute atomic E-state index is 11.1. The molecule has 1 aliphatic rings. The summed E-state index contributed by atoms with van der Waals surface area (Å²) < 4.78 is 27.8. The van der Waals surface area contributed by atoms with Crippen molar-refractivity contribution in [1.82, 2.24) is 0 Å². The van der Waals surface area contributed by atoms with Crippen LogP contribution in [0.3, 0.4) is 0 Å². The number of hydrogen-bond acceptors (Lipinski definition) is 6. The van der Waals surface area contributed by atoms with E-state index >= 15 is 0 Å². The first kappa shape index (κ1) is 10.8. The predicted octanol–water partition coefficient (Wildman–Crippen LogP) is -1.55. The minimum absolute atomic E-state index is 0.416. The Hall–Kier alpha value is -1.32. The van der Waals surface area contributed by atoms with E-state index in [0.29, 0.717) is 6.47 Å². The van der Waals surface area contributed by atoms with Gasteiger partial charge in [0.2, 0.25) is 0 Å². The number of amides is 2. The van der Waals surface area contributed by atoms with Crippen LogP contribution in [0, 0.1) is 0 Å². The third-order valence-electron chi connectivity index (χ3n) is 1.70. The second-order valence-corrected chi connectivity index (χ2v) is 3.87. The number of hydroxylamine groups is 2. The molecule has 9 heteroatoms. The monoisotopic (exact) mass is 223 g/mol. The first-order valence-electron chi connectivity index (χ1n) is 3.35. The van der Waals surface area contributed by atoms with Gasteiger partial charge < -0.3 is 0 Å². The van der Waals surface area contributed by atoms with E-state index in [-0.39, 0.29) is 0 Å². The highest BCUT2D eigenvalue weighted by Crippen LogP contribution is 2.27. The van der Waals surface area contributed by atoms with Gasteiger partial charge in [-0.25, -0.2) is 23.8 Å². The van der Waals surface area contributed by atoms with Crippen LogP contribution in [-0.2, 0) is 29.5 Å². The second kappa shape index (κ2) is 3.12. The van der Waals surface area contributed by atoms with Crippen molar-refractivity contribution in [2.45, 2.75) is 12.8 Å². The molecule has 1 rings (SSSR count). The highest BCUT2D eigenvalue weighted by molar-refractivity contribution is 7.80. The van der Waals surface area contributed by atoms with Crippen molar-refractivity contribution in [1.29, 1.82) is 0 Å². The van der Waals surface area contributed by atoms with E-state index in [1.54, 1.807) is 0 Å². The van der Waals surface area contributed by atoms with Crippen molar-refractivity contribution in [2.75, 3.05) is 0 Å². The Labute approximate surface area is 78.5 Å². The average molecular weight is 223 g/mol. The molecule has 0 bridgehead atoms. The molecular weight excluding hydrogens is 218 g/mol. The first-order chi connectivity index (χ1) is 6.36. The normalized spacial score (nSPS) is 20.9. The van der Waals surface area contributed by atoms with Crippen LogP contribution >= 0.6 is 0 Å². The summed E-state index contributed by atoms with van der Waals surface area (Å²) in [5.41, 5.74) is 0. The summed E-state index contributed by atoms with van der Waals surface area (Å²) in [6, 6.07) is 0. The number of carbonyl (C=O) groups excluding carboxylic acids is 3. The third-order valence-corrected chi connectivity index (χ3v) is 2.83. The van der Waals surface area contributed by atoms with Crippen molar-refractivity contribution in [3.63, 3.8) is 0 Å². The molecule has 14 heavy (non-hydrogen) atoms. The van der Waals surface area contributed by atoms with Gasteiger partial charge in [-0.1, -0.05) is 0 Å². The number of nitrogens with zero attached hydrogens (tertiary/aromatic N) is 1. The number of hydrogen-bond donors (Lipinski definition) is 1. The van der Waals surface area contributed by atoms with E-state index in [4.69, 9.17) is 4.55 Å². The van der Waals surface area contributed by atoms with Crippen molar-refractivity contribution < 1.29 is 36.2 Å². The maximum Gasteiger partial charge on any atom is 0.488 e. The molecule has 0 aromatic heterocycles. The van der Waals surface area contributed by atoms with Crippen LogP contribution in [0.2, 0.25) is 0 Å². The molecule has 1 radical (unpaired) electrons. The van der Waals surface area contributed by atoms with Crippen molar-refractivity contribution in [3.05, 3.63) is 0 Å². The minimum Gasteiger partial charge on any atom is -0.238 e. The number of quaternary nitrogens is 1. The van der Waals surface area contributed by atoms with Gasteiger partial charge in [-0.2, -0.15) is 0 Å². The largest absolute Gasteiger partial charge is 0.488 e. The van der Waals surface area contributed by atoms with Crippen molar-refractivity contribution in [3.8, 4) is 0 Å². The molecule has 1 N–H and O–H groups in total. The van der Waals surface area contributed by atoms with E-state index in [2.05, 4.69) is 4.84 Å². The zero-order valence-corrected chi connectivity index (χ0v) is 7.48. The lowest BCUT2D eigenvalue weighted by Crippen LogP contribution is -2.55. The third kappa shape index (κ3) is 1.22. The molecule has 77 valence electrons. The quantitative estimate of drug-likeness (QED) is 0.350. The van der Waals surface area contributed by atoms with Crippen LogP contribution in [0.15, 0.2) is 0 Å². The Kier molecular flexibility index (Phi) is 2.39. The highest BCUT2D eigenvalue weighted by Gasteiger charge is 2.64. The Bertz CT molecular complexity index is 380. The molecule has 1 heterocycles. The Morgan fingerprint density at radius 1 is 1.29 bits per heavy atom. The fraction of sp³-hybridized carbons (Fsp3) is 0.400. The zero-order chi connectivity index (χ0) is 11.0. The SMILES string of the molecule is O=[C]O[N+]1(S(=O)(=O)O)C(=O)CCC1=O. The van der Waals surface area contributed by atoms with Gasteiger partial charge in [-0.05, 0) is 0 Å². The van der Waals surface area contributed by atoms with E-state index in [9.17, 15) is 22.8 Å². The van der Waals surface area contributed by atoms with E-state index in [1.807, 2.05) is 0 Å². The van der Waals surface area contributed by atoms with Gasteiger partial charge in [0.1, 0.15) is 4.05 Å². The molecule has 2 amide bonds. The Balaban J connectivity index is 3.36. The van der Waals surface area contributed by atoms with Crippen LogP contribution in [0.5, 0.6) is 0 Å². The minimum atomic E-state index is -5.17. The standard InChI is InChI=1S/C5H4NO7S/c7-3-13-6(14(10,11)12)4(8)1-2-5(6)9/h1-2H2/p+1. The smallest absolute Gasteiger partial charge is 0.238 e. The lowest BCUT2D eigenvalue weighted by Gasteiger charge is -2.16. The van der Waals surface area contributed by atoms with Crippen molar-refractivity contribution in [2.24, 2.45) is 0 Å². The molecule has 8 nitrogen and oxygen atoms in total. The molecule has 1 aliphatic heterocycles. The average Bonchev–Trinajstić information content (AvgIpc) is 2.32. The molecule has 1 fully saturated rings. The summed E-state index contributed by atoms with van der Waals surface area (Å²) in [6.07, 6.45) is -0.833. The summed E-state index contributed by atoms with van der Waals surface area (Å²) in [7, 11) is -5.17. The van der Waals surface area contributed by atoms with Gasteiger partial charge in [0.25, 0.3) is 0 Å². The van der Waals surface area contributed by atoms with Gasteiger partial charge in [0.15, 0.2) is 0 Å². The van der Waals surface area contributed by atoms with Crippen LogP contribution in [0.4, 0.5) is 0 Å². The molecule has 0 unspecified atom stereocenters. The maximum atomic E-state index is 11.1. The summed E-state index contributed by atoms with van der Waals surface area (Å²) in [5.74, 6) is -2.44. The predicted molar refractivity (Wildman–Crippen MR) is 37.8 cm³/mol. The van der Waals surface area contributed by atoms with E-state index < -0.39 is 39.0 Å². The van der Waals surface area contributed by atoms with Crippen LogP contribution in [0.25, 0.3) is 0 Å². The lowest BCUT2D eigenvalue weighted by atomic mass is 10.4. The van der Waals surface area contributed by atoms with E-state index in [1.165, 1.54) is 0 Å². The van der Waals surface area contributed by atoms with Crippen LogP contribution < -0.4 is 0 Å². The Morgan fingerprint density at radius 2 is 1.71 bits per heavy atom. The topological polar surface area (TPSA) is 115 Å². The first-order valence-corrected chi connectivity index (χ1v) is 4.75. The fourth-order valence-corrected chi connectivity index (χ4v) is 1.93. The molecule has 0 aromatic rings. The summed E-state index contributed by atoms with van der Waals surface area (Å²) in [5, 5.41) is 0. The molecule has 1 saturated heterocycles.